The number of aromatic hydroxyl groups is 2. The van der Waals surface area contributed by atoms with E-state index in [1.807, 2.05) is 4.98 Å². The Morgan fingerprint density at radius 3 is 2.09 bits per heavy atom. The number of aromatic amines is 1. The highest BCUT2D eigenvalue weighted by molar-refractivity contribution is 7.61. The Hall–Kier alpha value is -5.87. The number of nitrogens with one attached hydrogen (secondary N) is 3. The number of benzene rings is 3. The zero-order chi connectivity index (χ0) is 48.3. The molecule has 7 unspecified atom stereocenters. The van der Waals surface area contributed by atoms with Crippen LogP contribution in [-0.2, 0) is 47.1 Å². The van der Waals surface area contributed by atoms with Crippen LogP contribution in [0.4, 0.5) is 0 Å². The summed E-state index contributed by atoms with van der Waals surface area (Å²) < 4.78 is 62.8. The topological polar surface area (TPSA) is 411 Å². The van der Waals surface area contributed by atoms with Crippen LogP contribution >= 0.6 is 15.6 Å². The van der Waals surface area contributed by atoms with Crippen LogP contribution in [0.5, 0.6) is 23.0 Å². The van der Waals surface area contributed by atoms with E-state index in [-0.39, 0.29) is 39.7 Å². The lowest BCUT2D eigenvalue weighted by Crippen LogP contribution is -2.65. The highest BCUT2D eigenvalue weighted by Gasteiger charge is 2.54. The first-order valence-corrected chi connectivity index (χ1v) is 22.6. The van der Waals surface area contributed by atoms with Crippen LogP contribution in [-0.4, -0.2) is 142 Å². The smallest absolute Gasteiger partial charge is 0.483 e. The maximum atomic E-state index is 13.5. The fraction of sp³-hybridized carbons (Fsp3) is 0.342. The number of phosphoric acid groups is 2. The molecule has 358 valence electrons. The highest BCUT2D eigenvalue weighted by atomic mass is 31.3. The van der Waals surface area contributed by atoms with Crippen molar-refractivity contribution >= 4 is 33.4 Å². The molecule has 11 atom stereocenters. The number of carbonyl (C=O) groups excluding carboxylic acids is 3. The minimum Gasteiger partial charge on any atom is -0.508 e. The van der Waals surface area contributed by atoms with Crippen LogP contribution in [0.15, 0.2) is 76.4 Å². The van der Waals surface area contributed by atoms with Gasteiger partial charge in [-0.1, -0.05) is 6.07 Å². The standard InChI is InChI=1S/C38H38N4O23P2/c43-13-24-29(48)31(50)28(36(62-24)64-67(57,58)65-66(55,56)59-14-25-30(49)32(51)34(61-25)42-8-7-26(46)41-37(42)54)40-27(47)12-39-33(52)15-1-4-19-18(9-15)35(53)63-38(19)20-5-2-16(44)10-22(20)60-23-11-17(45)3-6-21(23)38/h1-11,24-25,28-32,34,36,43-45,48-51H,12-14H2,(H,39,52)(H,40,47)(H,55,56)(H,57,58)(H,41,46,54)/t24?,25-,28?,29?,30-,31?,32-,34-,36?/m1/s1. The molecular weight excluding hydrogens is 942 g/mol. The largest absolute Gasteiger partial charge is 0.508 e. The first kappa shape index (κ1) is 47.6. The molecule has 2 amide bonds. The summed E-state index contributed by atoms with van der Waals surface area (Å²) >= 11 is 0. The lowest BCUT2D eigenvalue weighted by molar-refractivity contribution is -0.247. The summed E-state index contributed by atoms with van der Waals surface area (Å²) in [6, 6.07) is 11.0. The molecule has 67 heavy (non-hydrogen) atoms. The fourth-order valence-electron chi connectivity index (χ4n) is 7.87. The van der Waals surface area contributed by atoms with E-state index in [1.54, 1.807) is 0 Å². The Morgan fingerprint density at radius 1 is 0.806 bits per heavy atom. The number of phosphoric ester groups is 2. The Kier molecular flexibility index (Phi) is 12.8. The van der Waals surface area contributed by atoms with Crippen molar-refractivity contribution in [1.29, 1.82) is 0 Å². The predicted molar refractivity (Wildman–Crippen MR) is 215 cm³/mol. The van der Waals surface area contributed by atoms with E-state index in [4.69, 9.17) is 23.5 Å². The number of nitrogens with zero attached hydrogens (tertiary/aromatic N) is 1. The molecule has 8 rings (SSSR count). The first-order valence-electron chi connectivity index (χ1n) is 19.6. The third kappa shape index (κ3) is 9.14. The fourth-order valence-corrected chi connectivity index (χ4v) is 10.0. The number of hydrogen-bond acceptors (Lipinski definition) is 21. The van der Waals surface area contributed by atoms with Gasteiger partial charge in [0, 0.05) is 46.6 Å². The average molecular weight is 981 g/mol. The van der Waals surface area contributed by atoms with Crippen LogP contribution in [0.3, 0.4) is 0 Å². The lowest BCUT2D eigenvalue weighted by atomic mass is 9.77. The van der Waals surface area contributed by atoms with Crippen molar-refractivity contribution in [3.63, 3.8) is 0 Å². The number of hydrogen-bond donors (Lipinski definition) is 12. The molecule has 2 fully saturated rings. The number of phenolic OH excluding ortho intramolecular Hbond substituents is 2. The van der Waals surface area contributed by atoms with Gasteiger partial charge >= 0.3 is 27.3 Å². The normalized spacial score (nSPS) is 27.6. The Balaban J connectivity index is 0.920. The van der Waals surface area contributed by atoms with E-state index in [1.165, 1.54) is 54.6 Å². The third-order valence-electron chi connectivity index (χ3n) is 11.0. The van der Waals surface area contributed by atoms with Gasteiger partial charge in [0.2, 0.25) is 5.91 Å². The van der Waals surface area contributed by atoms with E-state index in [0.717, 1.165) is 12.3 Å². The van der Waals surface area contributed by atoms with Gasteiger partial charge in [-0.2, -0.15) is 4.31 Å². The molecule has 0 aliphatic carbocycles. The van der Waals surface area contributed by atoms with Gasteiger partial charge in [0.15, 0.2) is 18.1 Å². The summed E-state index contributed by atoms with van der Waals surface area (Å²) in [6.07, 6.45) is -14.3. The molecular formula is C38H38N4O23P2. The average Bonchev–Trinajstić information content (AvgIpc) is 3.71. The van der Waals surface area contributed by atoms with E-state index in [0.29, 0.717) is 15.7 Å². The summed E-state index contributed by atoms with van der Waals surface area (Å²) in [6.45, 7) is -3.07. The van der Waals surface area contributed by atoms with Crippen molar-refractivity contribution in [2.45, 2.75) is 60.8 Å². The molecule has 4 aromatic rings. The second kappa shape index (κ2) is 18.0. The number of H-pyrrole nitrogens is 1. The van der Waals surface area contributed by atoms with Crippen molar-refractivity contribution in [3.05, 3.63) is 116 Å². The van der Waals surface area contributed by atoms with Crippen molar-refractivity contribution in [3.8, 4) is 23.0 Å². The molecule has 27 nitrogen and oxygen atoms in total. The predicted octanol–water partition coefficient (Wildman–Crippen LogP) is -2.26. The Morgan fingerprint density at radius 2 is 1.45 bits per heavy atom. The van der Waals surface area contributed by atoms with Gasteiger partial charge < -0.3 is 75.1 Å². The van der Waals surface area contributed by atoms with E-state index >= 15 is 0 Å². The maximum Gasteiger partial charge on any atom is 0.483 e. The molecule has 4 aliphatic heterocycles. The van der Waals surface area contributed by atoms with Crippen LogP contribution < -0.4 is 26.6 Å². The second-order valence-electron chi connectivity index (χ2n) is 15.3. The van der Waals surface area contributed by atoms with Crippen LogP contribution in [0.2, 0.25) is 0 Å². The Labute approximate surface area is 373 Å². The number of aliphatic hydroxyl groups is 5. The third-order valence-corrected chi connectivity index (χ3v) is 13.6. The van der Waals surface area contributed by atoms with Gasteiger partial charge in [-0.15, -0.1) is 0 Å². The molecule has 3 aromatic carbocycles. The zero-order valence-electron chi connectivity index (χ0n) is 33.8. The molecule has 2 saturated heterocycles. The highest BCUT2D eigenvalue weighted by Crippen LogP contribution is 2.62. The summed E-state index contributed by atoms with van der Waals surface area (Å²) in [5, 5.41) is 76.6. The summed E-state index contributed by atoms with van der Waals surface area (Å²) in [7, 11) is -11.6. The number of ether oxygens (including phenoxy) is 4. The first-order chi connectivity index (χ1) is 31.6. The lowest BCUT2D eigenvalue weighted by Gasteiger charge is -2.42. The Bertz CT molecular complexity index is 2810. The van der Waals surface area contributed by atoms with Crippen LogP contribution in [0.1, 0.15) is 43.6 Å². The molecule has 1 aromatic heterocycles. The van der Waals surface area contributed by atoms with Crippen molar-refractivity contribution in [2.75, 3.05) is 19.8 Å². The summed E-state index contributed by atoms with van der Waals surface area (Å²) in [5.74, 6) is -3.07. The van der Waals surface area contributed by atoms with E-state index in [2.05, 4.69) is 19.5 Å². The number of esters is 1. The van der Waals surface area contributed by atoms with Crippen LogP contribution in [0, 0.1) is 0 Å². The molecule has 0 bridgehead atoms. The number of amides is 2. The van der Waals surface area contributed by atoms with E-state index < -0.39 is 125 Å². The zero-order valence-corrected chi connectivity index (χ0v) is 35.5. The molecule has 29 heteroatoms. The second-order valence-corrected chi connectivity index (χ2v) is 18.3. The van der Waals surface area contributed by atoms with Gasteiger partial charge in [0.05, 0.1) is 25.3 Å². The number of aliphatic hydroxyl groups excluding tert-OH is 5. The molecule has 0 saturated carbocycles. The molecule has 0 radical (unpaired) electrons. The SMILES string of the molecule is O=C(CNC(=O)c1ccc2c(c1)C(=O)OC21c2ccc(O)cc2Oc2cc(O)ccc21)NC1C(OP(=O)(O)OP(=O)(O)OC[C@H]2O[C@@H](n3ccc(=O)[nH]c3=O)[C@H](O)[C@@H]2O)OC(CO)C(O)C1O. The number of aromatic nitrogens is 2. The molecule has 4 aliphatic rings. The number of rotatable bonds is 13. The van der Waals surface area contributed by atoms with Gasteiger partial charge in [0.25, 0.3) is 11.5 Å². The minimum absolute atomic E-state index is 0.0713. The van der Waals surface area contributed by atoms with Crippen molar-refractivity contribution in [1.82, 2.24) is 20.2 Å². The van der Waals surface area contributed by atoms with Gasteiger partial charge in [-0.05, 0) is 36.4 Å². The maximum absolute atomic E-state index is 13.5. The molecule has 5 heterocycles. The van der Waals surface area contributed by atoms with Crippen molar-refractivity contribution < 1.29 is 101 Å². The number of fused-ring (bicyclic) bond motifs is 6. The quantitative estimate of drug-likeness (QED) is 0.0497. The summed E-state index contributed by atoms with van der Waals surface area (Å²) in [4.78, 5) is 86.2. The monoisotopic (exact) mass is 980 g/mol. The number of carbonyl (C=O) groups is 3. The number of phenols is 2. The van der Waals surface area contributed by atoms with Gasteiger partial charge in [-0.3, -0.25) is 33.0 Å². The van der Waals surface area contributed by atoms with Gasteiger partial charge in [-0.25, -0.2) is 18.7 Å². The minimum atomic E-state index is -5.90. The van der Waals surface area contributed by atoms with E-state index in [9.17, 15) is 78.6 Å². The van der Waals surface area contributed by atoms with Crippen LogP contribution in [0.25, 0.3) is 0 Å². The van der Waals surface area contributed by atoms with Gasteiger partial charge in [0.1, 0.15) is 65.7 Å². The van der Waals surface area contributed by atoms with Crippen molar-refractivity contribution in [2.24, 2.45) is 0 Å². The summed E-state index contributed by atoms with van der Waals surface area (Å²) in [5.41, 5.74) is -2.82. The molecule has 1 spiro atoms. The molecule has 12 N–H and O–H groups in total.